The highest BCUT2D eigenvalue weighted by molar-refractivity contribution is 6.34. The van der Waals surface area contributed by atoms with Gasteiger partial charge in [0.05, 0.1) is 10.6 Å². The third-order valence-electron chi connectivity index (χ3n) is 4.95. The van der Waals surface area contributed by atoms with Crippen LogP contribution < -0.4 is 16.4 Å². The van der Waals surface area contributed by atoms with Crippen molar-refractivity contribution in [2.24, 2.45) is 0 Å². The van der Waals surface area contributed by atoms with E-state index in [-0.39, 0.29) is 36.1 Å². The lowest BCUT2D eigenvalue weighted by atomic mass is 10.2. The van der Waals surface area contributed by atoms with Gasteiger partial charge in [0, 0.05) is 31.5 Å². The summed E-state index contributed by atoms with van der Waals surface area (Å²) in [5, 5.41) is 18.2. The zero-order valence-corrected chi connectivity index (χ0v) is 21.0. The summed E-state index contributed by atoms with van der Waals surface area (Å²) < 4.78 is 5.22. The molecule has 11 heteroatoms. The summed E-state index contributed by atoms with van der Waals surface area (Å²) >= 11 is 6.14. The monoisotopic (exact) mass is 509 g/mol. The predicted molar refractivity (Wildman–Crippen MR) is 139 cm³/mol. The Morgan fingerprint density at radius 2 is 1.92 bits per heavy atom. The highest BCUT2D eigenvalue weighted by Gasteiger charge is 2.16. The van der Waals surface area contributed by atoms with E-state index in [1.807, 2.05) is 44.2 Å². The number of nitrogen functional groups attached to an aromatic ring is 1. The van der Waals surface area contributed by atoms with Gasteiger partial charge in [0.2, 0.25) is 5.95 Å². The molecule has 0 unspecified atom stereocenters. The van der Waals surface area contributed by atoms with E-state index in [4.69, 9.17) is 27.0 Å². The van der Waals surface area contributed by atoms with Crippen LogP contribution in [-0.2, 0) is 6.42 Å². The van der Waals surface area contributed by atoms with Gasteiger partial charge in [0.15, 0.2) is 5.82 Å². The van der Waals surface area contributed by atoms with Crippen LogP contribution in [0.15, 0.2) is 59.3 Å². The number of hydrogen-bond donors (Lipinski definition) is 4. The molecule has 10 nitrogen and oxygen atoms in total. The van der Waals surface area contributed by atoms with Crippen LogP contribution in [0.4, 0.5) is 17.5 Å². The Labute approximate surface area is 213 Å². The molecular weight excluding hydrogens is 482 g/mol. The molecule has 5 N–H and O–H groups in total. The maximum atomic E-state index is 11.7. The van der Waals surface area contributed by atoms with Crippen molar-refractivity contribution in [3.8, 4) is 11.5 Å². The van der Waals surface area contributed by atoms with Crippen molar-refractivity contribution in [3.05, 3.63) is 76.7 Å². The highest BCUT2D eigenvalue weighted by Crippen LogP contribution is 2.26. The summed E-state index contributed by atoms with van der Waals surface area (Å²) in [4.78, 5) is 24.4. The summed E-state index contributed by atoms with van der Waals surface area (Å²) in [7, 11) is 1.54. The van der Waals surface area contributed by atoms with Gasteiger partial charge in [-0.2, -0.15) is 9.97 Å². The molecule has 188 valence electrons. The van der Waals surface area contributed by atoms with E-state index in [2.05, 4.69) is 30.7 Å². The van der Waals surface area contributed by atoms with Gasteiger partial charge in [-0.15, -0.1) is 0 Å². The Morgan fingerprint density at radius 3 is 2.50 bits per heavy atom. The number of carbonyl (C=O) groups is 1. The van der Waals surface area contributed by atoms with Crippen LogP contribution in [-0.4, -0.2) is 44.8 Å². The second kappa shape index (κ2) is 12.6. The van der Waals surface area contributed by atoms with Crippen LogP contribution in [0.1, 0.15) is 41.5 Å². The summed E-state index contributed by atoms with van der Waals surface area (Å²) in [6.45, 7) is 4.16. The lowest BCUT2D eigenvalue weighted by Gasteiger charge is -2.09. The zero-order chi connectivity index (χ0) is 26.1. The lowest BCUT2D eigenvalue weighted by molar-refractivity contribution is 0.0963. The number of nitrogens with zero attached hydrogens (tertiary/aromatic N) is 4. The van der Waals surface area contributed by atoms with Crippen molar-refractivity contribution in [3.63, 3.8) is 0 Å². The number of rotatable bonds is 7. The quantitative estimate of drug-likeness (QED) is 0.287. The van der Waals surface area contributed by atoms with Crippen LogP contribution in [0, 0.1) is 0 Å². The van der Waals surface area contributed by atoms with Crippen LogP contribution in [0.25, 0.3) is 11.5 Å². The van der Waals surface area contributed by atoms with E-state index in [9.17, 15) is 4.79 Å². The van der Waals surface area contributed by atoms with E-state index in [0.29, 0.717) is 27.7 Å². The molecule has 0 saturated carbocycles. The molecule has 0 aliphatic rings. The Bertz CT molecular complexity index is 1300. The number of aromatic nitrogens is 4. The van der Waals surface area contributed by atoms with Crippen molar-refractivity contribution in [2.45, 2.75) is 26.2 Å². The minimum absolute atomic E-state index is 0.132. The Balaban J connectivity index is 0.000000338. The third kappa shape index (κ3) is 7.00. The molecule has 0 radical (unpaired) electrons. The molecule has 0 spiro atoms. The number of halogens is 1. The normalized spacial score (nSPS) is 10.5. The smallest absolute Gasteiger partial charge is 0.263 e. The fourth-order valence-corrected chi connectivity index (χ4v) is 3.28. The largest absolute Gasteiger partial charge is 0.396 e. The first-order valence-corrected chi connectivity index (χ1v) is 11.6. The summed E-state index contributed by atoms with van der Waals surface area (Å²) in [6, 6.07) is 14.8. The Morgan fingerprint density at radius 1 is 1.17 bits per heavy atom. The highest BCUT2D eigenvalue weighted by atomic mass is 35.5. The van der Waals surface area contributed by atoms with Gasteiger partial charge in [0.1, 0.15) is 11.4 Å². The molecule has 0 aliphatic heterocycles. The fraction of sp³-hybridized carbons (Fsp3) is 0.240. The number of anilines is 3. The molecule has 2 aromatic heterocycles. The van der Waals surface area contributed by atoms with Crippen LogP contribution in [0.3, 0.4) is 0 Å². The van der Waals surface area contributed by atoms with Crippen molar-refractivity contribution in [1.82, 2.24) is 25.4 Å². The molecule has 0 aliphatic carbocycles. The van der Waals surface area contributed by atoms with Crippen molar-refractivity contribution in [1.29, 1.82) is 0 Å². The number of nitrogens with one attached hydrogen (secondary N) is 2. The van der Waals surface area contributed by atoms with Crippen LogP contribution in [0.2, 0.25) is 5.02 Å². The molecule has 0 fully saturated rings. The van der Waals surface area contributed by atoms with E-state index in [1.165, 1.54) is 18.8 Å². The molecular formula is C25H28ClN7O3. The van der Waals surface area contributed by atoms with Gasteiger partial charge < -0.3 is 26.0 Å². The minimum Gasteiger partial charge on any atom is -0.396 e. The number of benzene rings is 2. The Hall–Kier alpha value is -4.02. The zero-order valence-electron chi connectivity index (χ0n) is 20.2. The molecule has 2 aromatic carbocycles. The van der Waals surface area contributed by atoms with E-state index in [0.717, 1.165) is 6.42 Å². The lowest BCUT2D eigenvalue weighted by Crippen LogP contribution is -2.18. The van der Waals surface area contributed by atoms with E-state index < -0.39 is 0 Å². The third-order valence-corrected chi connectivity index (χ3v) is 5.26. The van der Waals surface area contributed by atoms with Gasteiger partial charge in [-0.05, 0) is 30.2 Å². The number of amides is 1. The number of hydrogen-bond acceptors (Lipinski definition) is 9. The molecule has 4 aromatic rings. The number of carbonyl (C=O) groups excluding carboxylic acids is 1. The predicted octanol–water partition coefficient (Wildman–Crippen LogP) is 4.21. The van der Waals surface area contributed by atoms with E-state index in [1.54, 1.807) is 18.2 Å². The first kappa shape index (κ1) is 26.6. The van der Waals surface area contributed by atoms with Crippen LogP contribution >= 0.6 is 11.6 Å². The van der Waals surface area contributed by atoms with Gasteiger partial charge in [0.25, 0.3) is 11.8 Å². The number of aliphatic hydroxyl groups excluding tert-OH is 1. The average molecular weight is 510 g/mol. The fourth-order valence-electron chi connectivity index (χ4n) is 3.01. The van der Waals surface area contributed by atoms with Gasteiger partial charge in [-0.25, -0.2) is 4.98 Å². The number of nitrogens with two attached hydrogens (primary N) is 1. The van der Waals surface area contributed by atoms with Gasteiger partial charge >= 0.3 is 0 Å². The molecule has 1 amide bonds. The second-order valence-corrected chi connectivity index (χ2v) is 8.37. The molecule has 0 atom stereocenters. The summed E-state index contributed by atoms with van der Waals surface area (Å²) in [5.41, 5.74) is 8.64. The van der Waals surface area contributed by atoms with E-state index >= 15 is 0 Å². The first-order valence-electron chi connectivity index (χ1n) is 11.2. The first-order chi connectivity index (χ1) is 17.3. The average Bonchev–Trinajstić information content (AvgIpc) is 3.36. The summed E-state index contributed by atoms with van der Waals surface area (Å²) in [5.74, 6) is 1.17. The molecule has 36 heavy (non-hydrogen) atoms. The second-order valence-electron chi connectivity index (χ2n) is 7.96. The molecule has 4 rings (SSSR count). The molecule has 0 bridgehead atoms. The van der Waals surface area contributed by atoms with Crippen molar-refractivity contribution in [2.75, 3.05) is 24.7 Å². The maximum Gasteiger partial charge on any atom is 0.263 e. The van der Waals surface area contributed by atoms with Gasteiger partial charge in [-0.3, -0.25) is 4.79 Å². The maximum absolute atomic E-state index is 11.7. The number of aliphatic hydroxyl groups is 1. The minimum atomic E-state index is -0.267. The molecule has 0 saturated heterocycles. The SMILES string of the molecule is CNC(=O)c1ccc(Nc2ncc(-c3nc(C(C)C)no3)c(N)n2)cc1Cl.OCCc1ccccc1. The molecule has 2 heterocycles. The van der Waals surface area contributed by atoms with Crippen LogP contribution in [0.5, 0.6) is 0 Å². The summed E-state index contributed by atoms with van der Waals surface area (Å²) in [6.07, 6.45) is 2.27. The van der Waals surface area contributed by atoms with Crippen molar-refractivity contribution >= 4 is 35.0 Å². The Kier molecular flexibility index (Phi) is 9.32. The van der Waals surface area contributed by atoms with Crippen molar-refractivity contribution < 1.29 is 14.4 Å². The van der Waals surface area contributed by atoms with Gasteiger partial charge in [-0.1, -0.05) is 60.9 Å². The standard InChI is InChI=1S/C17H18ClN7O2.C8H10O/c1-8(2)14-24-16(27-25-14)11-7-21-17(23-13(11)19)22-9-4-5-10(12(18)6-9)15(26)20-3;9-7-6-8-4-2-1-3-5-8/h4-8H,1-3H3,(H,20,26)(H3,19,21,22,23);1-5,9H,6-7H2. The topological polar surface area (TPSA) is 152 Å².